The van der Waals surface area contributed by atoms with Gasteiger partial charge < -0.3 is 5.73 Å². The number of hydrogen-bond acceptors (Lipinski definition) is 3. The monoisotopic (exact) mass is 252 g/mol. The van der Waals surface area contributed by atoms with Gasteiger partial charge in [0.2, 0.25) is 0 Å². The summed E-state index contributed by atoms with van der Waals surface area (Å²) in [5, 5.41) is 0.756. The molecule has 1 fully saturated rings. The average Bonchev–Trinajstić information content (AvgIpc) is 2.80. The zero-order valence-corrected chi connectivity index (χ0v) is 10.5. The van der Waals surface area contributed by atoms with Crippen LogP contribution in [-0.4, -0.2) is 30.3 Å². The van der Waals surface area contributed by atoms with Gasteiger partial charge in [-0.15, -0.1) is 0 Å². The molecule has 3 nitrogen and oxygen atoms in total. The van der Waals surface area contributed by atoms with Gasteiger partial charge in [0.1, 0.15) is 0 Å². The number of likely N-dealkylation sites (tertiary alicyclic amines) is 1. The molecular formula is C13H17ClN2O. The first-order valence-corrected chi connectivity index (χ1v) is 6.26. The van der Waals surface area contributed by atoms with Gasteiger partial charge in [-0.2, -0.15) is 0 Å². The number of hydrogen-bond donors (Lipinski definition) is 1. The molecule has 92 valence electrons. The number of rotatable bonds is 4. The minimum absolute atomic E-state index is 0.132. The Morgan fingerprint density at radius 1 is 1.41 bits per heavy atom. The van der Waals surface area contributed by atoms with Gasteiger partial charge in [0, 0.05) is 24.0 Å². The van der Waals surface area contributed by atoms with Gasteiger partial charge in [0.05, 0.1) is 6.54 Å². The molecule has 1 aliphatic rings. The van der Waals surface area contributed by atoms with Gasteiger partial charge in [-0.05, 0) is 30.7 Å². The van der Waals surface area contributed by atoms with E-state index in [0.29, 0.717) is 0 Å². The zero-order valence-electron chi connectivity index (χ0n) is 9.73. The Morgan fingerprint density at radius 3 is 2.76 bits per heavy atom. The van der Waals surface area contributed by atoms with Crippen molar-refractivity contribution < 1.29 is 4.79 Å². The minimum Gasteiger partial charge on any atom is -0.324 e. The molecule has 0 spiro atoms. The second-order valence-corrected chi connectivity index (χ2v) is 4.95. The second-order valence-electron chi connectivity index (χ2n) is 4.52. The number of halogens is 1. The van der Waals surface area contributed by atoms with Crippen LogP contribution in [0.3, 0.4) is 0 Å². The zero-order chi connectivity index (χ0) is 12.3. The summed E-state index contributed by atoms with van der Waals surface area (Å²) < 4.78 is 0. The van der Waals surface area contributed by atoms with Crippen molar-refractivity contribution in [1.82, 2.24) is 4.90 Å². The summed E-state index contributed by atoms with van der Waals surface area (Å²) in [7, 11) is 0. The molecule has 1 heterocycles. The molecular weight excluding hydrogens is 236 g/mol. The van der Waals surface area contributed by atoms with E-state index in [2.05, 4.69) is 4.90 Å². The lowest BCUT2D eigenvalue weighted by Gasteiger charge is -2.15. The molecule has 2 rings (SSSR count). The van der Waals surface area contributed by atoms with E-state index in [4.69, 9.17) is 17.3 Å². The van der Waals surface area contributed by atoms with Gasteiger partial charge in [-0.1, -0.05) is 23.7 Å². The third-order valence-corrected chi connectivity index (χ3v) is 3.50. The maximum absolute atomic E-state index is 11.5. The Morgan fingerprint density at radius 2 is 2.12 bits per heavy atom. The van der Waals surface area contributed by atoms with Crippen LogP contribution in [0.4, 0.5) is 0 Å². The highest BCUT2D eigenvalue weighted by atomic mass is 35.5. The summed E-state index contributed by atoms with van der Waals surface area (Å²) in [5.41, 5.74) is 6.62. The van der Waals surface area contributed by atoms with Crippen molar-refractivity contribution in [2.45, 2.75) is 13.0 Å². The van der Waals surface area contributed by atoms with Gasteiger partial charge >= 0.3 is 0 Å². The highest BCUT2D eigenvalue weighted by Crippen LogP contribution is 2.20. The maximum atomic E-state index is 11.5. The summed E-state index contributed by atoms with van der Waals surface area (Å²) in [4.78, 5) is 13.8. The van der Waals surface area contributed by atoms with Crippen molar-refractivity contribution in [2.24, 2.45) is 11.7 Å². The molecule has 2 N–H and O–H groups in total. The lowest BCUT2D eigenvalue weighted by atomic mass is 10.0. The predicted octanol–water partition coefficient (Wildman–Crippen LogP) is 1.69. The molecule has 0 bridgehead atoms. The summed E-state index contributed by atoms with van der Waals surface area (Å²) in [6, 6.07) is 7.85. The van der Waals surface area contributed by atoms with Crippen molar-refractivity contribution in [3.05, 3.63) is 34.9 Å². The Kier molecular flexibility index (Phi) is 4.15. The van der Waals surface area contributed by atoms with Crippen LogP contribution in [0, 0.1) is 5.92 Å². The van der Waals surface area contributed by atoms with Crippen LogP contribution in [0.1, 0.15) is 12.0 Å². The number of Topliss-reactive ketones (excluding diaryl/α,β-unsaturated/α-hetero) is 1. The largest absolute Gasteiger partial charge is 0.324 e. The van der Waals surface area contributed by atoms with Gasteiger partial charge in [0.25, 0.3) is 0 Å². The highest BCUT2D eigenvalue weighted by Gasteiger charge is 2.26. The fraction of sp³-hybridized carbons (Fsp3) is 0.462. The van der Waals surface area contributed by atoms with Crippen LogP contribution in [0.25, 0.3) is 0 Å². The molecule has 0 unspecified atom stereocenters. The third-order valence-electron chi connectivity index (χ3n) is 3.25. The van der Waals surface area contributed by atoms with Crippen LogP contribution < -0.4 is 5.73 Å². The number of ketones is 1. The van der Waals surface area contributed by atoms with Gasteiger partial charge in [-0.3, -0.25) is 9.69 Å². The molecule has 0 aromatic heterocycles. The molecule has 0 saturated carbocycles. The first-order valence-electron chi connectivity index (χ1n) is 5.88. The summed E-state index contributed by atoms with van der Waals surface area (Å²) in [6.07, 6.45) is 0.934. The fourth-order valence-electron chi connectivity index (χ4n) is 2.25. The summed E-state index contributed by atoms with van der Waals surface area (Å²) in [5.74, 6) is 0.316. The lowest BCUT2D eigenvalue weighted by molar-refractivity contribution is -0.121. The van der Waals surface area contributed by atoms with Gasteiger partial charge in [-0.25, -0.2) is 0 Å². The average molecular weight is 253 g/mol. The van der Waals surface area contributed by atoms with Crippen molar-refractivity contribution in [3.63, 3.8) is 0 Å². The molecule has 1 aromatic carbocycles. The van der Waals surface area contributed by atoms with Crippen LogP contribution >= 0.6 is 11.6 Å². The maximum Gasteiger partial charge on any atom is 0.150 e. The van der Waals surface area contributed by atoms with E-state index < -0.39 is 0 Å². The van der Waals surface area contributed by atoms with Gasteiger partial charge in [0.15, 0.2) is 5.78 Å². The van der Waals surface area contributed by atoms with Crippen LogP contribution in [0.15, 0.2) is 24.3 Å². The topological polar surface area (TPSA) is 46.3 Å². The van der Waals surface area contributed by atoms with Crippen molar-refractivity contribution >= 4 is 17.4 Å². The normalized spacial score (nSPS) is 20.7. The van der Waals surface area contributed by atoms with Crippen molar-refractivity contribution in [1.29, 1.82) is 0 Å². The van der Waals surface area contributed by atoms with E-state index in [0.717, 1.165) is 31.1 Å². The molecule has 0 amide bonds. The number of benzene rings is 1. The minimum atomic E-state index is 0.132. The standard InChI is InChI=1S/C13H17ClN2O/c14-12-3-1-10(2-4-12)8-16-6-5-11(9-16)13(17)7-15/h1-4,11H,5-9,15H2/t11-/m1/s1. The summed E-state index contributed by atoms with van der Waals surface area (Å²) >= 11 is 5.84. The molecule has 17 heavy (non-hydrogen) atoms. The van der Waals surface area contributed by atoms with E-state index >= 15 is 0 Å². The van der Waals surface area contributed by atoms with Crippen molar-refractivity contribution in [3.8, 4) is 0 Å². The molecule has 1 atom stereocenters. The Balaban J connectivity index is 1.89. The number of carbonyl (C=O) groups is 1. The predicted molar refractivity (Wildman–Crippen MR) is 68.9 cm³/mol. The van der Waals surface area contributed by atoms with Crippen LogP contribution in [0.2, 0.25) is 5.02 Å². The van der Waals surface area contributed by atoms with Crippen LogP contribution in [-0.2, 0) is 11.3 Å². The smallest absolute Gasteiger partial charge is 0.150 e. The Hall–Kier alpha value is -0.900. The molecule has 4 heteroatoms. The SMILES string of the molecule is NCC(=O)[C@@H]1CCN(Cc2ccc(Cl)cc2)C1. The number of nitrogens with two attached hydrogens (primary N) is 1. The van der Waals surface area contributed by atoms with E-state index in [1.165, 1.54) is 5.56 Å². The Labute approximate surface area is 107 Å². The quantitative estimate of drug-likeness (QED) is 0.887. The van der Waals surface area contributed by atoms with E-state index in [1.807, 2.05) is 24.3 Å². The van der Waals surface area contributed by atoms with E-state index in [1.54, 1.807) is 0 Å². The third kappa shape index (κ3) is 3.28. The molecule has 0 aliphatic carbocycles. The Bertz CT molecular complexity index is 391. The van der Waals surface area contributed by atoms with Crippen molar-refractivity contribution in [2.75, 3.05) is 19.6 Å². The fourth-order valence-corrected chi connectivity index (χ4v) is 2.38. The van der Waals surface area contributed by atoms with E-state index in [9.17, 15) is 4.79 Å². The molecule has 1 aromatic rings. The molecule has 0 radical (unpaired) electrons. The van der Waals surface area contributed by atoms with E-state index in [-0.39, 0.29) is 18.2 Å². The highest BCUT2D eigenvalue weighted by molar-refractivity contribution is 6.30. The molecule has 1 aliphatic heterocycles. The second kappa shape index (κ2) is 5.63. The number of nitrogens with zero attached hydrogens (tertiary/aromatic N) is 1. The lowest BCUT2D eigenvalue weighted by Crippen LogP contribution is -2.27. The van der Waals surface area contributed by atoms with Crippen LogP contribution in [0.5, 0.6) is 0 Å². The first-order chi connectivity index (χ1) is 8.19. The number of carbonyl (C=O) groups excluding carboxylic acids is 1. The first kappa shape index (κ1) is 12.6. The summed E-state index contributed by atoms with van der Waals surface area (Å²) in [6.45, 7) is 2.85. The molecule has 1 saturated heterocycles.